The summed E-state index contributed by atoms with van der Waals surface area (Å²) in [5.41, 5.74) is 0. The highest BCUT2D eigenvalue weighted by atomic mass is 13.2. The molecule has 0 atom stereocenters. The lowest BCUT2D eigenvalue weighted by molar-refractivity contribution is 1.91. The molecule has 0 aromatic carbocycles. The van der Waals surface area contributed by atoms with Crippen LogP contribution in [-0.4, -0.2) is 14.6 Å². The lowest BCUT2D eigenvalue weighted by atomic mass is 9.58. The van der Waals surface area contributed by atoms with Gasteiger partial charge in [-0.2, -0.15) is 0 Å². The fourth-order valence-electron chi connectivity index (χ4n) is 0.236. The predicted octanol–water partition coefficient (Wildman–Crippen LogP) is 2.14. The highest BCUT2D eigenvalue weighted by molar-refractivity contribution is 6.54. The third-order valence-electron chi connectivity index (χ3n) is 0.471. The summed E-state index contributed by atoms with van der Waals surface area (Å²) in [5.74, 6) is 0. The Morgan fingerprint density at radius 2 is 1.29 bits per heavy atom. The molecule has 7 heavy (non-hydrogen) atoms. The van der Waals surface area contributed by atoms with E-state index in [1.165, 1.54) is 0 Å². The molecule has 0 saturated carbocycles. The minimum Gasteiger partial charge on any atom is -0.107 e. The van der Waals surface area contributed by atoms with E-state index >= 15 is 0 Å². The molecule has 0 rings (SSSR count). The van der Waals surface area contributed by atoms with E-state index in [1.807, 2.05) is 0 Å². The fourth-order valence-corrected chi connectivity index (χ4v) is 0.236. The van der Waals surface area contributed by atoms with Gasteiger partial charge in [-0.15, -0.1) is 6.22 Å². The maximum absolute atomic E-state index is 2.12. The van der Waals surface area contributed by atoms with Gasteiger partial charge in [-0.3, -0.25) is 0 Å². The van der Waals surface area contributed by atoms with Gasteiger partial charge < -0.3 is 0 Å². The molecule has 0 spiro atoms. The first-order valence-corrected chi connectivity index (χ1v) is 1.97. The van der Waals surface area contributed by atoms with Crippen molar-refractivity contribution in [1.82, 2.24) is 0 Å². The molecular weight excluding hydrogens is 81.7 g/mol. The molecule has 0 aliphatic carbocycles. The van der Waals surface area contributed by atoms with Gasteiger partial charge in [0, 0.05) is 0 Å². The Bertz CT molecular complexity index is 13.6. The van der Waals surface area contributed by atoms with Crippen LogP contribution in [0.25, 0.3) is 0 Å². The smallest absolute Gasteiger partial charge is 0.0965 e. The van der Waals surface area contributed by atoms with Gasteiger partial charge in [0.2, 0.25) is 0 Å². The second-order valence-corrected chi connectivity index (χ2v) is 1.05. The zero-order valence-corrected chi connectivity index (χ0v) is 3.86. The minimum atomic E-state index is 0. The number of rotatable bonds is 2. The highest BCUT2D eigenvalue weighted by Crippen LogP contribution is 1.68. The first-order valence-electron chi connectivity index (χ1n) is 1.97. The van der Waals surface area contributed by atoms with Gasteiger partial charge in [-0.05, 0) is 0 Å². The molecular formula is C5H16B2. The molecule has 2 radical (unpaired) electrons. The summed E-state index contributed by atoms with van der Waals surface area (Å²) >= 11 is 0. The van der Waals surface area contributed by atoms with Crippen LogP contribution in [0, 0.1) is 0 Å². The van der Waals surface area contributed by atoms with Gasteiger partial charge in [0.25, 0.3) is 0 Å². The minimum absolute atomic E-state index is 0. The van der Waals surface area contributed by atoms with E-state index in [1.54, 1.807) is 0 Å². The number of hydrogen-bond donors (Lipinski definition) is 0. The molecule has 0 aliphatic heterocycles. The van der Waals surface area contributed by atoms with Crippen LogP contribution in [-0.2, 0) is 0 Å². The molecule has 0 nitrogen and oxygen atoms in total. The van der Waals surface area contributed by atoms with Crippen LogP contribution in [0.1, 0.15) is 14.9 Å². The summed E-state index contributed by atoms with van der Waals surface area (Å²) in [5, 5.41) is 0. The van der Waals surface area contributed by atoms with Crippen molar-refractivity contribution >= 4 is 14.6 Å². The van der Waals surface area contributed by atoms with Crippen molar-refractivity contribution in [1.29, 1.82) is 0 Å². The Morgan fingerprint density at radius 1 is 1.00 bits per heavy atom. The Labute approximate surface area is 50.2 Å². The molecule has 0 fully saturated rings. The van der Waals surface area contributed by atoms with E-state index in [9.17, 15) is 0 Å². The van der Waals surface area contributed by atoms with Crippen molar-refractivity contribution in [2.24, 2.45) is 0 Å². The molecule has 0 N–H and O–H groups in total. The predicted molar refractivity (Wildman–Crippen MR) is 41.5 cm³/mol. The van der Waals surface area contributed by atoms with Gasteiger partial charge in [0.05, 0.1) is 14.6 Å². The molecule has 0 bridgehead atoms. The van der Waals surface area contributed by atoms with E-state index in [2.05, 4.69) is 28.2 Å². The van der Waals surface area contributed by atoms with Crippen LogP contribution in [0.15, 0.2) is 0 Å². The van der Waals surface area contributed by atoms with Crippen molar-refractivity contribution < 1.29 is 0 Å². The monoisotopic (exact) mass is 98.1 g/mol. The molecule has 0 aromatic rings. The van der Waals surface area contributed by atoms with Crippen molar-refractivity contribution in [2.45, 2.75) is 34.7 Å². The Morgan fingerprint density at radius 3 is 1.29 bits per heavy atom. The van der Waals surface area contributed by atoms with Crippen LogP contribution in [0.5, 0.6) is 0 Å². The maximum atomic E-state index is 2.12. The van der Waals surface area contributed by atoms with E-state index in [4.69, 9.17) is 0 Å². The molecule has 42 valence electrons. The normalized spacial score (nSPS) is 4.86. The number of hydrogen-bond acceptors (Lipinski definition) is 0. The van der Waals surface area contributed by atoms with Gasteiger partial charge in [-0.25, -0.2) is 0 Å². The average Bonchev–Trinajstić information content (AvgIpc) is 1.41. The summed E-state index contributed by atoms with van der Waals surface area (Å²) < 4.78 is 0. The Hall–Kier alpha value is 0.130. The van der Waals surface area contributed by atoms with E-state index in [0.29, 0.717) is 0 Å². The summed E-state index contributed by atoms with van der Waals surface area (Å²) in [6, 6.07) is 0. The topological polar surface area (TPSA) is 0 Å². The van der Waals surface area contributed by atoms with Crippen molar-refractivity contribution in [3.8, 4) is 0 Å². The van der Waals surface area contributed by atoms with Gasteiger partial charge in [0.15, 0.2) is 0 Å². The Balaban J connectivity index is -0.0000000800. The zero-order valence-electron chi connectivity index (χ0n) is 3.86. The lowest BCUT2D eigenvalue weighted by Gasteiger charge is -1.74. The van der Waals surface area contributed by atoms with Crippen LogP contribution in [0.3, 0.4) is 0 Å². The zero-order chi connectivity index (χ0) is 4.12. The first kappa shape index (κ1) is 15.7. The van der Waals surface area contributed by atoms with Gasteiger partial charge in [-0.1, -0.05) is 28.5 Å². The summed E-state index contributed by atoms with van der Waals surface area (Å²) in [6.07, 6.45) is 1.14. The standard InChI is InChI=1S/C3H8B2.2CH4/c1-4-3-5-2;;/h3H2,1-2H3;2*1H4. The molecule has 0 heterocycles. The second kappa shape index (κ2) is 16.5. The van der Waals surface area contributed by atoms with E-state index < -0.39 is 0 Å². The molecule has 0 aromatic heterocycles. The summed E-state index contributed by atoms with van der Waals surface area (Å²) in [6.45, 7) is 4.11. The van der Waals surface area contributed by atoms with Crippen LogP contribution in [0.2, 0.25) is 19.9 Å². The summed E-state index contributed by atoms with van der Waals surface area (Å²) in [4.78, 5) is 0. The maximum Gasteiger partial charge on any atom is 0.0965 e. The van der Waals surface area contributed by atoms with Crippen molar-refractivity contribution in [2.75, 3.05) is 0 Å². The van der Waals surface area contributed by atoms with Crippen LogP contribution < -0.4 is 0 Å². The molecule has 2 heteroatoms. The van der Waals surface area contributed by atoms with E-state index in [0.717, 1.165) is 6.22 Å². The highest BCUT2D eigenvalue weighted by Gasteiger charge is 1.73. The molecule has 0 unspecified atom stereocenters. The van der Waals surface area contributed by atoms with Crippen LogP contribution >= 0.6 is 0 Å². The van der Waals surface area contributed by atoms with Crippen molar-refractivity contribution in [3.63, 3.8) is 0 Å². The SMILES string of the molecule is C.C.C[B]C[B]C. The second-order valence-electron chi connectivity index (χ2n) is 1.05. The average molecular weight is 97.8 g/mol. The van der Waals surface area contributed by atoms with Gasteiger partial charge >= 0.3 is 0 Å². The van der Waals surface area contributed by atoms with Crippen LogP contribution in [0.4, 0.5) is 0 Å². The lowest BCUT2D eigenvalue weighted by Crippen LogP contribution is -1.84. The van der Waals surface area contributed by atoms with E-state index in [-0.39, 0.29) is 14.9 Å². The van der Waals surface area contributed by atoms with Gasteiger partial charge in [0.1, 0.15) is 0 Å². The first-order chi connectivity index (χ1) is 2.41. The Kier molecular flexibility index (Phi) is 37.0. The fraction of sp³-hybridized carbons (Fsp3) is 1.00. The third-order valence-corrected chi connectivity index (χ3v) is 0.471. The molecule has 0 amide bonds. The summed E-state index contributed by atoms with van der Waals surface area (Å²) in [7, 11) is 4.25. The largest absolute Gasteiger partial charge is 0.107 e. The van der Waals surface area contributed by atoms with Crippen molar-refractivity contribution in [3.05, 3.63) is 0 Å². The molecule has 0 aliphatic rings. The quantitative estimate of drug-likeness (QED) is 0.464. The third kappa shape index (κ3) is 23.0. The molecule has 0 saturated heterocycles.